The molecule has 0 radical (unpaired) electrons. The third-order valence-corrected chi connectivity index (χ3v) is 8.92. The summed E-state index contributed by atoms with van der Waals surface area (Å²) in [6.45, 7) is 7.53. The van der Waals surface area contributed by atoms with Crippen LogP contribution >= 0.6 is 0 Å². The molecule has 1 saturated carbocycles. The van der Waals surface area contributed by atoms with Crippen molar-refractivity contribution in [1.29, 1.82) is 0 Å². The minimum Gasteiger partial charge on any atom is -0.393 e. The molecular formula is C24H29N9O3S. The summed E-state index contributed by atoms with van der Waals surface area (Å²) in [5.41, 5.74) is 1.47. The normalized spacial score (nSPS) is 17.4. The van der Waals surface area contributed by atoms with Gasteiger partial charge in [0.1, 0.15) is 11.6 Å². The first-order valence-corrected chi connectivity index (χ1v) is 13.9. The predicted molar refractivity (Wildman–Crippen MR) is 139 cm³/mol. The Bertz CT molecular complexity index is 1570. The Balaban J connectivity index is 1.26. The minimum atomic E-state index is -3.45. The second-order valence-corrected chi connectivity index (χ2v) is 12.2. The lowest BCUT2D eigenvalue weighted by Crippen LogP contribution is -2.51. The summed E-state index contributed by atoms with van der Waals surface area (Å²) < 4.78 is 27.9. The zero-order valence-electron chi connectivity index (χ0n) is 20.9. The smallest absolute Gasteiger partial charge is 0.256 e. The molecule has 194 valence electrons. The van der Waals surface area contributed by atoms with Crippen LogP contribution in [0.4, 0.5) is 17.5 Å². The average molecular weight is 524 g/mol. The van der Waals surface area contributed by atoms with Gasteiger partial charge in [0.25, 0.3) is 10.0 Å². The summed E-state index contributed by atoms with van der Waals surface area (Å²) in [6.07, 6.45) is 7.34. The van der Waals surface area contributed by atoms with E-state index in [0.29, 0.717) is 35.9 Å². The van der Waals surface area contributed by atoms with Gasteiger partial charge in [-0.05, 0) is 39.7 Å². The molecule has 1 atom stereocenters. The second kappa shape index (κ2) is 8.77. The fourth-order valence-electron chi connectivity index (χ4n) is 4.48. The molecule has 0 amide bonds. The standard InChI is InChI=1S/C24H29N9O3S/c1-14(2)33-20-8-22(26-10-19(20)24(30-33)31-11-17(12-31)15(3)34)28-21-6-7-25-23(29-21)16-9-27-32(13-16)37(35,36)18-4-5-18/h6-10,13-15,17-18,34H,4-5,11-12H2,1-3H3,(H,25,26,28,29). The lowest BCUT2D eigenvalue weighted by atomic mass is 9.95. The van der Waals surface area contributed by atoms with E-state index in [-0.39, 0.29) is 23.3 Å². The number of aliphatic hydroxyl groups excluding tert-OH is 1. The van der Waals surface area contributed by atoms with Crippen molar-refractivity contribution in [2.24, 2.45) is 5.92 Å². The highest BCUT2D eigenvalue weighted by Gasteiger charge is 2.38. The van der Waals surface area contributed by atoms with Gasteiger partial charge in [0.05, 0.1) is 40.2 Å². The number of pyridine rings is 1. The summed E-state index contributed by atoms with van der Waals surface area (Å²) in [6, 6.07) is 3.82. The van der Waals surface area contributed by atoms with Crippen LogP contribution in [0.15, 0.2) is 36.9 Å². The van der Waals surface area contributed by atoms with Crippen LogP contribution in [0.3, 0.4) is 0 Å². The molecule has 4 aromatic rings. The Hall–Kier alpha value is -3.58. The van der Waals surface area contributed by atoms with Crippen molar-refractivity contribution in [1.82, 2.24) is 33.9 Å². The van der Waals surface area contributed by atoms with Gasteiger partial charge in [-0.3, -0.25) is 4.68 Å². The molecular weight excluding hydrogens is 494 g/mol. The van der Waals surface area contributed by atoms with Gasteiger partial charge in [-0.25, -0.2) is 23.4 Å². The van der Waals surface area contributed by atoms with Crippen molar-refractivity contribution < 1.29 is 13.5 Å². The van der Waals surface area contributed by atoms with Crippen molar-refractivity contribution in [3.8, 4) is 11.4 Å². The predicted octanol–water partition coefficient (Wildman–Crippen LogP) is 2.57. The van der Waals surface area contributed by atoms with E-state index in [4.69, 9.17) is 5.10 Å². The van der Waals surface area contributed by atoms with Crippen molar-refractivity contribution in [3.05, 3.63) is 36.9 Å². The number of aromatic nitrogens is 7. The van der Waals surface area contributed by atoms with Gasteiger partial charge in [0.2, 0.25) is 0 Å². The molecule has 2 aliphatic rings. The summed E-state index contributed by atoms with van der Waals surface area (Å²) in [7, 11) is -3.45. The Morgan fingerprint density at radius 2 is 1.89 bits per heavy atom. The largest absolute Gasteiger partial charge is 0.393 e. The van der Waals surface area contributed by atoms with Gasteiger partial charge in [-0.2, -0.15) is 14.3 Å². The van der Waals surface area contributed by atoms with Crippen LogP contribution in [0.1, 0.15) is 39.7 Å². The Labute approximate surface area is 214 Å². The minimum absolute atomic E-state index is 0.148. The lowest BCUT2D eigenvalue weighted by molar-refractivity contribution is 0.107. The molecule has 37 heavy (non-hydrogen) atoms. The van der Waals surface area contributed by atoms with Gasteiger partial charge >= 0.3 is 0 Å². The first-order chi connectivity index (χ1) is 17.7. The number of aliphatic hydroxyl groups is 1. The van der Waals surface area contributed by atoms with Gasteiger partial charge in [0, 0.05) is 43.5 Å². The summed E-state index contributed by atoms with van der Waals surface area (Å²) in [5.74, 6) is 2.61. The highest BCUT2D eigenvalue weighted by molar-refractivity contribution is 7.90. The third kappa shape index (κ3) is 4.31. The maximum Gasteiger partial charge on any atom is 0.256 e. The molecule has 4 aromatic heterocycles. The van der Waals surface area contributed by atoms with E-state index in [1.165, 1.54) is 12.4 Å². The van der Waals surface area contributed by atoms with Gasteiger partial charge in [-0.15, -0.1) is 0 Å². The van der Waals surface area contributed by atoms with Gasteiger partial charge < -0.3 is 15.3 Å². The summed E-state index contributed by atoms with van der Waals surface area (Å²) in [5, 5.41) is 22.6. The van der Waals surface area contributed by atoms with Gasteiger partial charge in [0.15, 0.2) is 11.6 Å². The van der Waals surface area contributed by atoms with Crippen LogP contribution in [0.25, 0.3) is 22.3 Å². The molecule has 0 spiro atoms. The van der Waals surface area contributed by atoms with Crippen molar-refractivity contribution in [2.45, 2.75) is 51.0 Å². The number of anilines is 3. The van der Waals surface area contributed by atoms with Crippen LogP contribution in [0.5, 0.6) is 0 Å². The van der Waals surface area contributed by atoms with Crippen molar-refractivity contribution in [2.75, 3.05) is 23.3 Å². The van der Waals surface area contributed by atoms with Crippen LogP contribution in [0.2, 0.25) is 0 Å². The molecule has 1 unspecified atom stereocenters. The van der Waals surface area contributed by atoms with E-state index in [9.17, 15) is 13.5 Å². The van der Waals surface area contributed by atoms with E-state index >= 15 is 0 Å². The molecule has 0 bridgehead atoms. The maximum atomic E-state index is 12.5. The molecule has 2 N–H and O–H groups in total. The van der Waals surface area contributed by atoms with E-state index in [0.717, 1.165) is 33.9 Å². The zero-order valence-corrected chi connectivity index (χ0v) is 21.7. The summed E-state index contributed by atoms with van der Waals surface area (Å²) in [4.78, 5) is 15.6. The fourth-order valence-corrected chi connectivity index (χ4v) is 5.96. The molecule has 5 heterocycles. The van der Waals surface area contributed by atoms with Crippen molar-refractivity contribution in [3.63, 3.8) is 0 Å². The van der Waals surface area contributed by atoms with E-state index < -0.39 is 10.0 Å². The van der Waals surface area contributed by atoms with E-state index in [2.05, 4.69) is 44.1 Å². The monoisotopic (exact) mass is 523 g/mol. The number of hydrogen-bond acceptors (Lipinski definition) is 10. The SMILES string of the molecule is CC(O)C1CN(c2nn(C(C)C)c3cc(Nc4ccnc(-c5cnn(S(=O)(=O)C6CC6)c5)n4)ncc23)C1. The number of nitrogens with one attached hydrogen (secondary N) is 1. The van der Waals surface area contributed by atoms with Crippen molar-refractivity contribution >= 4 is 38.4 Å². The van der Waals surface area contributed by atoms with Gasteiger partial charge in [-0.1, -0.05) is 0 Å². The Morgan fingerprint density at radius 1 is 1.11 bits per heavy atom. The first kappa shape index (κ1) is 23.8. The maximum absolute atomic E-state index is 12.5. The topological polar surface area (TPSA) is 144 Å². The first-order valence-electron chi connectivity index (χ1n) is 12.4. The lowest BCUT2D eigenvalue weighted by Gasteiger charge is -2.41. The summed E-state index contributed by atoms with van der Waals surface area (Å²) >= 11 is 0. The van der Waals surface area contributed by atoms with E-state index in [1.807, 2.05) is 23.9 Å². The molecule has 13 heteroatoms. The number of rotatable bonds is 8. The molecule has 6 rings (SSSR count). The fraction of sp³-hybridized carbons (Fsp3) is 0.458. The van der Waals surface area contributed by atoms with Crippen LogP contribution in [-0.2, 0) is 10.0 Å². The number of nitrogens with zero attached hydrogens (tertiary/aromatic N) is 8. The zero-order chi connectivity index (χ0) is 25.9. The van der Waals surface area contributed by atoms with Crippen LogP contribution in [0, 0.1) is 5.92 Å². The van der Waals surface area contributed by atoms with Crippen LogP contribution in [-0.4, -0.2) is 71.9 Å². The average Bonchev–Trinajstić information content (AvgIpc) is 3.46. The number of fused-ring (bicyclic) bond motifs is 1. The molecule has 0 aromatic carbocycles. The molecule has 2 fully saturated rings. The third-order valence-electron chi connectivity index (χ3n) is 6.89. The number of hydrogen-bond donors (Lipinski definition) is 2. The Kier molecular flexibility index (Phi) is 5.64. The molecule has 1 aliphatic heterocycles. The highest BCUT2D eigenvalue weighted by Crippen LogP contribution is 2.34. The van der Waals surface area contributed by atoms with Crippen LogP contribution < -0.4 is 10.2 Å². The highest BCUT2D eigenvalue weighted by atomic mass is 32.2. The quantitative estimate of drug-likeness (QED) is 0.353. The molecule has 12 nitrogen and oxygen atoms in total. The van der Waals surface area contributed by atoms with E-state index in [1.54, 1.807) is 12.3 Å². The molecule has 1 aliphatic carbocycles. The second-order valence-electron chi connectivity index (χ2n) is 10.1. The molecule has 1 saturated heterocycles. The Morgan fingerprint density at radius 3 is 2.59 bits per heavy atom.